The number of carboxylic acid groups (broad SMARTS) is 7. The summed E-state index contributed by atoms with van der Waals surface area (Å²) in [5.41, 5.74) is 0. The van der Waals surface area contributed by atoms with E-state index in [9.17, 15) is 38.4 Å². The summed E-state index contributed by atoms with van der Waals surface area (Å²) in [5.74, 6) is -4.71. The Balaban J connectivity index is -0.000000170. The summed E-state index contributed by atoms with van der Waals surface area (Å²) in [5, 5.41) is 58.5. The van der Waals surface area contributed by atoms with Crippen molar-refractivity contribution in [3.63, 3.8) is 0 Å². The number of hydrogen-bond donors (Lipinski definition) is 7. The molecule has 0 saturated heterocycles. The maximum atomic E-state index is 10.9. The van der Waals surface area contributed by atoms with Gasteiger partial charge in [0.2, 0.25) is 0 Å². The Kier molecular flexibility index (Phi) is 125. The highest BCUT2D eigenvalue weighted by Gasteiger charge is 2.03. The molecule has 0 aliphatic rings. The van der Waals surface area contributed by atoms with Crippen LogP contribution in [0.15, 0.2) is 0 Å². The van der Waals surface area contributed by atoms with Crippen LogP contribution < -0.4 is 0 Å². The van der Waals surface area contributed by atoms with Gasteiger partial charge in [0.1, 0.15) is 0 Å². The van der Waals surface area contributed by atoms with Gasteiger partial charge in [0, 0.05) is 51.4 Å². The molecule has 16 heteroatoms. The zero-order chi connectivity index (χ0) is 79.5. The summed E-state index contributed by atoms with van der Waals surface area (Å²) in [7, 11) is 1.46. The number of methoxy groups -OCH3 is 1. The molecule has 0 aromatic heterocycles. The van der Waals surface area contributed by atoms with Crippen molar-refractivity contribution >= 4 is 47.8 Å². The van der Waals surface area contributed by atoms with Crippen molar-refractivity contribution in [1.82, 2.24) is 0 Å². The summed E-state index contributed by atoms with van der Waals surface area (Å²) >= 11 is 0. The largest absolute Gasteiger partial charge is 0.481 e. The van der Waals surface area contributed by atoms with Gasteiger partial charge in [0.25, 0.3) is 0 Å². The quantitative estimate of drug-likeness (QED) is 0.0220. The van der Waals surface area contributed by atoms with E-state index >= 15 is 0 Å². The Morgan fingerprint density at radius 1 is 0.154 bits per heavy atom. The maximum absolute atomic E-state index is 10.9. The fourth-order valence-corrected chi connectivity index (χ4v) is 11.2. The van der Waals surface area contributed by atoms with Crippen molar-refractivity contribution in [3.05, 3.63) is 0 Å². The van der Waals surface area contributed by atoms with Gasteiger partial charge < -0.3 is 40.5 Å². The van der Waals surface area contributed by atoms with Gasteiger partial charge in [-0.25, -0.2) is 0 Å². The fourth-order valence-electron chi connectivity index (χ4n) is 11.2. The van der Waals surface area contributed by atoms with Crippen molar-refractivity contribution in [2.45, 2.75) is 511 Å². The lowest BCUT2D eigenvalue weighted by Gasteiger charge is -2.03. The Hall–Kier alpha value is -4.24. The number of aliphatic carboxylic acids is 7. The smallest absolute Gasteiger partial charge is 0.305 e. The third-order valence-electron chi connectivity index (χ3n) is 17.9. The Bertz CT molecular complexity index is 1410. The van der Waals surface area contributed by atoms with Gasteiger partial charge in [-0.1, -0.05) is 409 Å². The summed E-state index contributed by atoms with van der Waals surface area (Å²) < 4.78 is 4.62. The van der Waals surface area contributed by atoms with Gasteiger partial charge in [-0.15, -0.1) is 0 Å². The second kappa shape index (κ2) is 112. The third-order valence-corrected chi connectivity index (χ3v) is 17.9. The molecule has 0 atom stereocenters. The van der Waals surface area contributed by atoms with Crippen molar-refractivity contribution in [2.75, 3.05) is 7.11 Å². The van der Waals surface area contributed by atoms with Crippen LogP contribution in [-0.4, -0.2) is 90.6 Å². The first kappa shape index (κ1) is 116. The van der Waals surface area contributed by atoms with Crippen molar-refractivity contribution in [3.8, 4) is 0 Å². The highest BCUT2D eigenvalue weighted by Crippen LogP contribution is 2.16. The van der Waals surface area contributed by atoms with E-state index in [1.165, 1.54) is 315 Å². The number of esters is 1. The van der Waals surface area contributed by atoms with Crippen LogP contribution in [0, 0.1) is 0 Å². The van der Waals surface area contributed by atoms with Gasteiger partial charge >= 0.3 is 47.8 Å². The lowest BCUT2D eigenvalue weighted by Crippen LogP contribution is -1.99. The van der Waals surface area contributed by atoms with E-state index in [4.69, 9.17) is 35.7 Å². The topological polar surface area (TPSA) is 287 Å². The number of carbonyl (C=O) groups is 8. The minimum atomic E-state index is -0.663. The lowest BCUT2D eigenvalue weighted by molar-refractivity contribution is -0.141. The molecule has 0 radical (unpaired) electrons. The predicted octanol–water partition coefficient (Wildman–Crippen LogP) is 28.5. The van der Waals surface area contributed by atoms with Crippen LogP contribution >= 0.6 is 0 Å². The molecule has 0 rings (SSSR count). The maximum Gasteiger partial charge on any atom is 0.305 e. The number of rotatable bonds is 71. The molecular weight excluding hydrogens is 1310 g/mol. The van der Waals surface area contributed by atoms with E-state index in [1.54, 1.807) is 0 Å². The second-order valence-electron chi connectivity index (χ2n) is 28.8. The van der Waals surface area contributed by atoms with Crippen LogP contribution in [0.4, 0.5) is 0 Å². The number of carboxylic acids is 7. The van der Waals surface area contributed by atoms with Gasteiger partial charge in [-0.3, -0.25) is 38.4 Å². The molecule has 0 bridgehead atoms. The first-order chi connectivity index (χ1) is 50.2. The van der Waals surface area contributed by atoms with E-state index in [1.807, 2.05) is 0 Å². The van der Waals surface area contributed by atoms with Crippen LogP contribution in [0.2, 0.25) is 0 Å². The molecule has 0 amide bonds. The fraction of sp³-hybridized carbons (Fsp3) is 0.909. The molecule has 624 valence electrons. The molecule has 0 unspecified atom stereocenters. The molecule has 7 N–H and O–H groups in total. The van der Waals surface area contributed by atoms with Gasteiger partial charge in [-0.05, 0) is 51.4 Å². The Labute approximate surface area is 641 Å². The monoisotopic (exact) mass is 1490 g/mol. The Morgan fingerprint density at radius 2 is 0.240 bits per heavy atom. The molecule has 0 fully saturated rings. The number of unbranched alkanes of at least 4 members (excludes halogenated alkanes) is 55. The first-order valence-electron chi connectivity index (χ1n) is 43.8. The molecule has 0 aromatic carbocycles. The average Bonchev–Trinajstić information content (AvgIpc) is 3.76. The average molecular weight is 1490 g/mol. The van der Waals surface area contributed by atoms with Crippen LogP contribution in [0.25, 0.3) is 0 Å². The molecule has 0 aliphatic carbocycles. The minimum absolute atomic E-state index is 0.0658. The van der Waals surface area contributed by atoms with Crippen LogP contribution in [0.1, 0.15) is 511 Å². The number of ether oxygens (including phenoxy) is 1. The lowest BCUT2D eigenvalue weighted by atomic mass is 10.0. The molecule has 16 nitrogen and oxygen atoms in total. The highest BCUT2D eigenvalue weighted by atomic mass is 16.5. The normalized spacial score (nSPS) is 10.2. The van der Waals surface area contributed by atoms with Gasteiger partial charge in [-0.2, -0.15) is 0 Å². The van der Waals surface area contributed by atoms with Gasteiger partial charge in [0.05, 0.1) is 7.11 Å². The van der Waals surface area contributed by atoms with E-state index in [0.717, 1.165) is 96.3 Å². The summed E-state index contributed by atoms with van der Waals surface area (Å²) in [4.78, 5) is 81.8. The molecule has 0 heterocycles. The molecule has 0 saturated carbocycles. The summed E-state index contributed by atoms with van der Waals surface area (Å²) in [6.07, 6.45) is 80.0. The highest BCUT2D eigenvalue weighted by molar-refractivity contribution is 5.69. The SMILES string of the molecule is CCCCCCCCCC(=O)O.CCCCCCCCCC(=O)O.CCCCCCCCCC(=O)O.CCCCCCCCCC(=O)O.CCCCCCCCCC(=O)O.CCCCCCCCCC(=O)O.CCCCCCCCCC(=O)O.CCCCCCCCCCCCCCCCC(=O)OC. The van der Waals surface area contributed by atoms with Crippen LogP contribution in [-0.2, 0) is 43.1 Å². The number of hydrogen-bond acceptors (Lipinski definition) is 9. The second-order valence-corrected chi connectivity index (χ2v) is 28.8. The van der Waals surface area contributed by atoms with Crippen LogP contribution in [0.5, 0.6) is 0 Å². The standard InChI is InChI=1S/C18H36O2.7C10H20O2/c1-3-4-5-6-7-8-9-10-11-12-13-14-15-16-17-18(19)20-2;7*1-2-3-4-5-6-7-8-9-10(11)12/h3-17H2,1-2H3;7*2-9H2,1H3,(H,11,12). The molecule has 0 aliphatic heterocycles. The summed E-state index contributed by atoms with van der Waals surface area (Å²) in [6.45, 7) is 17.7. The summed E-state index contributed by atoms with van der Waals surface area (Å²) in [6, 6.07) is 0. The first-order valence-corrected chi connectivity index (χ1v) is 43.8. The van der Waals surface area contributed by atoms with Crippen LogP contribution in [0.3, 0.4) is 0 Å². The molecule has 104 heavy (non-hydrogen) atoms. The van der Waals surface area contributed by atoms with Crippen molar-refractivity contribution in [2.24, 2.45) is 0 Å². The van der Waals surface area contributed by atoms with E-state index < -0.39 is 41.8 Å². The number of carbonyl (C=O) groups excluding carboxylic acids is 1. The van der Waals surface area contributed by atoms with E-state index in [2.05, 4.69) is 60.1 Å². The minimum Gasteiger partial charge on any atom is -0.481 e. The third kappa shape index (κ3) is 155. The molecule has 0 spiro atoms. The van der Waals surface area contributed by atoms with Crippen molar-refractivity contribution in [1.29, 1.82) is 0 Å². The molecular formula is C88H176O16. The molecule has 0 aromatic rings. The Morgan fingerprint density at radius 3 is 0.327 bits per heavy atom. The van der Waals surface area contributed by atoms with E-state index in [-0.39, 0.29) is 5.97 Å². The predicted molar refractivity (Wildman–Crippen MR) is 439 cm³/mol. The van der Waals surface area contributed by atoms with Crippen molar-refractivity contribution < 1.29 is 78.8 Å². The zero-order valence-electron chi connectivity index (χ0n) is 70.0. The zero-order valence-corrected chi connectivity index (χ0v) is 70.0. The van der Waals surface area contributed by atoms with E-state index in [0.29, 0.717) is 51.4 Å². The van der Waals surface area contributed by atoms with Gasteiger partial charge in [0.15, 0.2) is 0 Å².